The average Bonchev–Trinajstić information content (AvgIpc) is 2.92. The summed E-state index contributed by atoms with van der Waals surface area (Å²) in [5.74, 6) is 0.754. The standard InChI is InChI=1S/C16H33N3O/c1-4-19(13(2)3)10-8-17-15-7-5-6-14(15)16-12-20-11-9-18-16/h13-18H,4-12H2,1-3H3. The van der Waals surface area contributed by atoms with E-state index in [4.69, 9.17) is 4.74 Å². The number of likely N-dealkylation sites (N-methyl/N-ethyl adjacent to an activating group) is 1. The van der Waals surface area contributed by atoms with Gasteiger partial charge in [-0.3, -0.25) is 4.90 Å². The first-order valence-electron chi connectivity index (χ1n) is 8.51. The minimum absolute atomic E-state index is 0.566. The molecule has 4 heteroatoms. The molecule has 4 nitrogen and oxygen atoms in total. The third kappa shape index (κ3) is 4.42. The van der Waals surface area contributed by atoms with E-state index < -0.39 is 0 Å². The van der Waals surface area contributed by atoms with E-state index in [0.29, 0.717) is 18.1 Å². The zero-order valence-corrected chi connectivity index (χ0v) is 13.5. The lowest BCUT2D eigenvalue weighted by Gasteiger charge is -2.33. The van der Waals surface area contributed by atoms with E-state index in [1.165, 1.54) is 19.3 Å². The van der Waals surface area contributed by atoms with Crippen molar-refractivity contribution in [3.8, 4) is 0 Å². The van der Waals surface area contributed by atoms with Crippen molar-refractivity contribution in [3.63, 3.8) is 0 Å². The van der Waals surface area contributed by atoms with Crippen molar-refractivity contribution >= 4 is 0 Å². The van der Waals surface area contributed by atoms with Crippen molar-refractivity contribution in [3.05, 3.63) is 0 Å². The summed E-state index contributed by atoms with van der Waals surface area (Å²) in [6, 6.07) is 1.89. The third-order valence-corrected chi connectivity index (χ3v) is 4.98. The predicted molar refractivity (Wildman–Crippen MR) is 84.1 cm³/mol. The molecule has 2 N–H and O–H groups in total. The Labute approximate surface area is 124 Å². The summed E-state index contributed by atoms with van der Waals surface area (Å²) in [7, 11) is 0. The molecule has 1 saturated heterocycles. The molecule has 0 radical (unpaired) electrons. The van der Waals surface area contributed by atoms with Gasteiger partial charge in [-0.2, -0.15) is 0 Å². The molecule has 1 aliphatic heterocycles. The van der Waals surface area contributed by atoms with E-state index in [9.17, 15) is 0 Å². The van der Waals surface area contributed by atoms with Gasteiger partial charge in [0.05, 0.1) is 13.2 Å². The van der Waals surface area contributed by atoms with E-state index in [1.54, 1.807) is 0 Å². The number of ether oxygens (including phenoxy) is 1. The lowest BCUT2D eigenvalue weighted by molar-refractivity contribution is 0.0523. The van der Waals surface area contributed by atoms with Crippen molar-refractivity contribution < 1.29 is 4.74 Å². The van der Waals surface area contributed by atoms with Crippen LogP contribution in [0.4, 0.5) is 0 Å². The van der Waals surface area contributed by atoms with Gasteiger partial charge >= 0.3 is 0 Å². The van der Waals surface area contributed by atoms with Crippen LogP contribution in [0.1, 0.15) is 40.0 Å². The first kappa shape index (κ1) is 16.2. The highest BCUT2D eigenvalue weighted by Crippen LogP contribution is 2.29. The van der Waals surface area contributed by atoms with Crippen molar-refractivity contribution in [1.29, 1.82) is 0 Å². The van der Waals surface area contributed by atoms with Crippen LogP contribution in [0, 0.1) is 5.92 Å². The smallest absolute Gasteiger partial charge is 0.0623 e. The van der Waals surface area contributed by atoms with Gasteiger partial charge in [0.2, 0.25) is 0 Å². The number of hydrogen-bond acceptors (Lipinski definition) is 4. The van der Waals surface area contributed by atoms with E-state index in [0.717, 1.165) is 45.3 Å². The third-order valence-electron chi connectivity index (χ3n) is 4.98. The fraction of sp³-hybridized carbons (Fsp3) is 1.00. The molecule has 3 atom stereocenters. The fourth-order valence-corrected chi connectivity index (χ4v) is 3.76. The molecule has 0 aromatic heterocycles. The van der Waals surface area contributed by atoms with E-state index >= 15 is 0 Å². The zero-order valence-electron chi connectivity index (χ0n) is 13.5. The van der Waals surface area contributed by atoms with E-state index in [1.807, 2.05) is 0 Å². The van der Waals surface area contributed by atoms with Crippen LogP contribution in [0.25, 0.3) is 0 Å². The van der Waals surface area contributed by atoms with E-state index in [-0.39, 0.29) is 0 Å². The highest BCUT2D eigenvalue weighted by molar-refractivity contribution is 4.92. The molecule has 0 aromatic carbocycles. The topological polar surface area (TPSA) is 36.5 Å². The molecule has 1 heterocycles. The van der Waals surface area contributed by atoms with E-state index in [2.05, 4.69) is 36.3 Å². The average molecular weight is 283 g/mol. The molecule has 0 aromatic rings. The van der Waals surface area contributed by atoms with Crippen LogP contribution in [-0.2, 0) is 4.74 Å². The Morgan fingerprint density at radius 2 is 2.20 bits per heavy atom. The lowest BCUT2D eigenvalue weighted by Crippen LogP contribution is -2.51. The lowest BCUT2D eigenvalue weighted by atomic mass is 9.94. The Hall–Kier alpha value is -0.160. The first-order valence-corrected chi connectivity index (χ1v) is 8.51. The summed E-state index contributed by atoms with van der Waals surface area (Å²) in [6.45, 7) is 13.0. The molecule has 118 valence electrons. The molecular formula is C16H33N3O. The summed E-state index contributed by atoms with van der Waals surface area (Å²) < 4.78 is 5.64. The summed E-state index contributed by atoms with van der Waals surface area (Å²) in [5.41, 5.74) is 0. The highest BCUT2D eigenvalue weighted by atomic mass is 16.5. The Morgan fingerprint density at radius 3 is 2.85 bits per heavy atom. The van der Waals surface area contributed by atoms with Crippen LogP contribution in [0.3, 0.4) is 0 Å². The SMILES string of the molecule is CCN(CCNC1CCCC1C1COCCN1)C(C)C. The van der Waals surface area contributed by atoms with Crippen LogP contribution in [0.5, 0.6) is 0 Å². The number of nitrogens with one attached hydrogen (secondary N) is 2. The summed E-state index contributed by atoms with van der Waals surface area (Å²) in [6.07, 6.45) is 4.04. The van der Waals surface area contributed by atoms with Gasteiger partial charge in [-0.15, -0.1) is 0 Å². The zero-order chi connectivity index (χ0) is 14.4. The minimum atomic E-state index is 0.566. The minimum Gasteiger partial charge on any atom is -0.379 e. The van der Waals surface area contributed by atoms with Gasteiger partial charge in [0.25, 0.3) is 0 Å². The largest absolute Gasteiger partial charge is 0.379 e. The van der Waals surface area contributed by atoms with Crippen LogP contribution < -0.4 is 10.6 Å². The quantitative estimate of drug-likeness (QED) is 0.742. The maximum absolute atomic E-state index is 5.64. The normalized spacial score (nSPS) is 31.4. The molecule has 3 unspecified atom stereocenters. The van der Waals surface area contributed by atoms with Crippen molar-refractivity contribution in [1.82, 2.24) is 15.5 Å². The molecule has 1 saturated carbocycles. The molecule has 2 aliphatic rings. The van der Waals surface area contributed by atoms with Crippen molar-refractivity contribution in [2.75, 3.05) is 39.4 Å². The van der Waals surface area contributed by atoms with Crippen molar-refractivity contribution in [2.24, 2.45) is 5.92 Å². The Balaban J connectivity index is 1.73. The predicted octanol–water partition coefficient (Wildman–Crippen LogP) is 1.46. The number of rotatable bonds is 7. The molecule has 20 heavy (non-hydrogen) atoms. The van der Waals surface area contributed by atoms with Gasteiger partial charge in [-0.05, 0) is 39.2 Å². The number of nitrogens with zero attached hydrogens (tertiary/aromatic N) is 1. The Kier molecular flexibility index (Phi) is 6.75. The van der Waals surface area contributed by atoms with Crippen LogP contribution in [0.15, 0.2) is 0 Å². The molecule has 0 spiro atoms. The summed E-state index contributed by atoms with van der Waals surface area (Å²) in [5, 5.41) is 7.46. The highest BCUT2D eigenvalue weighted by Gasteiger charge is 2.34. The second-order valence-electron chi connectivity index (χ2n) is 6.51. The first-order chi connectivity index (χ1) is 9.72. The molecule has 2 fully saturated rings. The number of hydrogen-bond donors (Lipinski definition) is 2. The number of morpholine rings is 1. The van der Waals surface area contributed by atoms with Crippen LogP contribution in [0.2, 0.25) is 0 Å². The van der Waals surface area contributed by atoms with Gasteiger partial charge in [0.15, 0.2) is 0 Å². The van der Waals surface area contributed by atoms with Crippen molar-refractivity contribution in [2.45, 2.75) is 58.2 Å². The Bertz CT molecular complexity index is 266. The fourth-order valence-electron chi connectivity index (χ4n) is 3.76. The molecule has 0 bridgehead atoms. The van der Waals surface area contributed by atoms with Crippen LogP contribution in [-0.4, -0.2) is 62.4 Å². The van der Waals surface area contributed by atoms with Gasteiger partial charge in [0.1, 0.15) is 0 Å². The Morgan fingerprint density at radius 1 is 1.35 bits per heavy atom. The molecule has 2 rings (SSSR count). The summed E-state index contributed by atoms with van der Waals surface area (Å²) in [4.78, 5) is 2.53. The van der Waals surface area contributed by atoms with Gasteiger partial charge in [0, 0.05) is 37.8 Å². The maximum Gasteiger partial charge on any atom is 0.0623 e. The monoisotopic (exact) mass is 283 g/mol. The van der Waals surface area contributed by atoms with Gasteiger partial charge in [-0.1, -0.05) is 13.3 Å². The second-order valence-corrected chi connectivity index (χ2v) is 6.51. The van der Waals surface area contributed by atoms with Gasteiger partial charge in [-0.25, -0.2) is 0 Å². The maximum atomic E-state index is 5.64. The molecule has 0 amide bonds. The van der Waals surface area contributed by atoms with Crippen LogP contribution >= 0.6 is 0 Å². The van der Waals surface area contributed by atoms with Gasteiger partial charge < -0.3 is 15.4 Å². The summed E-state index contributed by atoms with van der Waals surface area (Å²) >= 11 is 0. The molecule has 1 aliphatic carbocycles. The second kappa shape index (κ2) is 8.32. The molecular weight excluding hydrogens is 250 g/mol.